The molecule has 0 amide bonds. The summed E-state index contributed by atoms with van der Waals surface area (Å²) < 4.78 is 23.4. The predicted molar refractivity (Wildman–Crippen MR) is 63.2 cm³/mol. The molecule has 0 aliphatic carbocycles. The van der Waals surface area contributed by atoms with E-state index in [-0.39, 0.29) is 13.2 Å². The molecule has 84 valence electrons. The Morgan fingerprint density at radius 2 is 2.44 bits per heavy atom. The predicted octanol–water partition coefficient (Wildman–Crippen LogP) is 1.56. The molecule has 0 radical (unpaired) electrons. The van der Waals surface area contributed by atoms with E-state index in [1.165, 1.54) is 10.9 Å². The van der Waals surface area contributed by atoms with Gasteiger partial charge in [0.2, 0.25) is 0 Å². The second-order valence-corrected chi connectivity index (χ2v) is 4.80. The van der Waals surface area contributed by atoms with Crippen LogP contribution in [-0.2, 0) is 11.2 Å². The molecule has 2 heterocycles. The summed E-state index contributed by atoms with van der Waals surface area (Å²) in [5.41, 5.74) is -0.177. The van der Waals surface area contributed by atoms with E-state index in [1.807, 2.05) is 6.07 Å². The van der Waals surface area contributed by atoms with Crippen molar-refractivity contribution in [3.05, 3.63) is 29.0 Å². The summed E-state index contributed by atoms with van der Waals surface area (Å²) in [6.07, 6.45) is 1.41. The van der Waals surface area contributed by atoms with Crippen LogP contribution in [0.2, 0.25) is 0 Å². The lowest BCUT2D eigenvalue weighted by Gasteiger charge is -2.36. The van der Waals surface area contributed by atoms with Gasteiger partial charge in [-0.1, -0.05) is 15.9 Å². The van der Waals surface area contributed by atoms with E-state index < -0.39 is 12.1 Å². The van der Waals surface area contributed by atoms with Crippen molar-refractivity contribution in [1.29, 1.82) is 0 Å². The maximum atomic E-state index is 10.2. The van der Waals surface area contributed by atoms with Gasteiger partial charge in [0.25, 0.3) is 0 Å². The van der Waals surface area contributed by atoms with E-state index in [2.05, 4.69) is 20.9 Å². The second-order valence-electron chi connectivity index (χ2n) is 3.88. The van der Waals surface area contributed by atoms with Crippen LogP contribution in [0, 0.1) is 0 Å². The van der Waals surface area contributed by atoms with Crippen LogP contribution >= 0.6 is 15.9 Å². The molecule has 1 aliphatic heterocycles. The Bertz CT molecular complexity index is 610. The summed E-state index contributed by atoms with van der Waals surface area (Å²) in [5, 5.41) is 10.2. The fourth-order valence-electron chi connectivity index (χ4n) is 1.65. The second kappa shape index (κ2) is 3.55. The molecule has 0 atom stereocenters. The summed E-state index contributed by atoms with van der Waals surface area (Å²) >= 11 is 3.35. The van der Waals surface area contributed by atoms with E-state index in [0.29, 0.717) is 11.0 Å². The van der Waals surface area contributed by atoms with Gasteiger partial charge in [-0.2, -0.15) is 0 Å². The number of fused-ring (bicyclic) bond motifs is 1. The van der Waals surface area contributed by atoms with Gasteiger partial charge in [-0.15, -0.1) is 0 Å². The first-order chi connectivity index (χ1) is 8.44. The summed E-state index contributed by atoms with van der Waals surface area (Å²) in [6.45, 7) is -1.97. The van der Waals surface area contributed by atoms with Gasteiger partial charge in [0.05, 0.1) is 39.8 Å². The van der Waals surface area contributed by atoms with Crippen molar-refractivity contribution < 1.29 is 12.6 Å². The van der Waals surface area contributed by atoms with Crippen LogP contribution in [0.25, 0.3) is 11.0 Å². The minimum absolute atomic E-state index is 0.00627. The molecule has 4 nitrogen and oxygen atoms in total. The Morgan fingerprint density at radius 3 is 3.12 bits per heavy atom. The molecule has 2 aromatic rings. The van der Waals surface area contributed by atoms with Gasteiger partial charge in [0, 0.05) is 4.47 Å². The third-order valence-corrected chi connectivity index (χ3v) is 3.01. The first-order valence-corrected chi connectivity index (χ1v) is 5.67. The van der Waals surface area contributed by atoms with E-state index in [0.717, 1.165) is 4.47 Å². The van der Waals surface area contributed by atoms with Crippen molar-refractivity contribution >= 4 is 27.0 Å². The van der Waals surface area contributed by atoms with E-state index in [4.69, 9.17) is 7.48 Å². The fourth-order valence-corrected chi connectivity index (χ4v) is 2.00. The van der Waals surface area contributed by atoms with Crippen LogP contribution in [0.4, 0.5) is 0 Å². The number of halogens is 1. The Labute approximate surface area is 104 Å². The van der Waals surface area contributed by atoms with Crippen molar-refractivity contribution in [3.63, 3.8) is 0 Å². The number of ether oxygens (including phenoxy) is 1. The quantitative estimate of drug-likeness (QED) is 0.911. The highest BCUT2D eigenvalue weighted by Gasteiger charge is 2.36. The van der Waals surface area contributed by atoms with E-state index in [9.17, 15) is 5.11 Å². The molecule has 1 aromatic heterocycles. The van der Waals surface area contributed by atoms with Crippen LogP contribution in [0.15, 0.2) is 29.0 Å². The monoisotopic (exact) mass is 284 g/mol. The Morgan fingerprint density at radius 1 is 1.62 bits per heavy atom. The van der Waals surface area contributed by atoms with Crippen LogP contribution in [0.1, 0.15) is 2.74 Å². The SMILES string of the molecule is [2H]C([2H])(n1cnc2ccc(Br)cc21)C1(O)COC1. The van der Waals surface area contributed by atoms with Gasteiger partial charge in [-0.25, -0.2) is 4.98 Å². The lowest BCUT2D eigenvalue weighted by molar-refractivity contribution is -0.184. The highest BCUT2D eigenvalue weighted by atomic mass is 79.9. The zero-order chi connectivity index (χ0) is 13.0. The Kier molecular flexibility index (Phi) is 1.82. The van der Waals surface area contributed by atoms with E-state index in [1.54, 1.807) is 12.1 Å². The van der Waals surface area contributed by atoms with Crippen molar-refractivity contribution in [1.82, 2.24) is 9.55 Å². The molecular formula is C11H11BrN2O2. The zero-order valence-electron chi connectivity index (χ0n) is 10.4. The molecule has 1 aliphatic rings. The maximum absolute atomic E-state index is 10.2. The zero-order valence-corrected chi connectivity index (χ0v) is 9.94. The summed E-state index contributed by atoms with van der Waals surface area (Å²) in [4.78, 5) is 4.15. The molecular weight excluding hydrogens is 272 g/mol. The molecule has 1 saturated heterocycles. The summed E-state index contributed by atoms with van der Waals surface area (Å²) in [5.74, 6) is 0. The highest BCUT2D eigenvalue weighted by molar-refractivity contribution is 9.10. The molecule has 1 aromatic carbocycles. The number of hydrogen-bond acceptors (Lipinski definition) is 3. The Hall–Kier alpha value is -0.910. The number of aromatic nitrogens is 2. The standard InChI is InChI=1S/C11H11BrN2O2/c12-8-1-2-9-10(3-8)14(7-13-9)4-11(15)5-16-6-11/h1-3,7,15H,4-6H2/i4D2. The van der Waals surface area contributed by atoms with Gasteiger partial charge < -0.3 is 14.4 Å². The molecule has 0 bridgehead atoms. The van der Waals surface area contributed by atoms with Crippen molar-refractivity contribution in [3.8, 4) is 0 Å². The lowest BCUT2D eigenvalue weighted by atomic mass is 10.0. The van der Waals surface area contributed by atoms with E-state index >= 15 is 0 Å². The molecule has 1 N–H and O–H groups in total. The highest BCUT2D eigenvalue weighted by Crippen LogP contribution is 2.23. The molecule has 0 unspecified atom stereocenters. The van der Waals surface area contributed by atoms with Crippen LogP contribution in [0.3, 0.4) is 0 Å². The Balaban J connectivity index is 2.16. The van der Waals surface area contributed by atoms with Gasteiger partial charge in [-0.05, 0) is 18.2 Å². The number of aliphatic hydroxyl groups is 1. The first-order valence-electron chi connectivity index (χ1n) is 5.87. The largest absolute Gasteiger partial charge is 0.383 e. The van der Waals surface area contributed by atoms with Crippen LogP contribution in [-0.4, -0.2) is 33.5 Å². The number of rotatable bonds is 2. The smallest absolute Gasteiger partial charge is 0.129 e. The third-order valence-electron chi connectivity index (χ3n) is 2.52. The molecule has 5 heteroatoms. The summed E-state index contributed by atoms with van der Waals surface area (Å²) in [7, 11) is 0. The average molecular weight is 285 g/mol. The normalized spacial score (nSPS) is 21.4. The van der Waals surface area contributed by atoms with Crippen LogP contribution < -0.4 is 0 Å². The van der Waals surface area contributed by atoms with Gasteiger partial charge in [0.1, 0.15) is 5.60 Å². The first kappa shape index (κ1) is 8.22. The number of benzene rings is 1. The molecule has 0 saturated carbocycles. The van der Waals surface area contributed by atoms with Crippen molar-refractivity contribution in [2.24, 2.45) is 0 Å². The van der Waals surface area contributed by atoms with Gasteiger partial charge in [0.15, 0.2) is 0 Å². The number of nitrogens with zero attached hydrogens (tertiary/aromatic N) is 2. The number of imidazole rings is 1. The minimum atomic E-state index is -1.96. The maximum Gasteiger partial charge on any atom is 0.129 e. The average Bonchev–Trinajstić information content (AvgIpc) is 2.68. The molecule has 0 spiro atoms. The minimum Gasteiger partial charge on any atom is -0.383 e. The summed E-state index contributed by atoms with van der Waals surface area (Å²) in [6, 6.07) is 5.42. The number of hydrogen-bond donors (Lipinski definition) is 1. The lowest BCUT2D eigenvalue weighted by Crippen LogP contribution is -2.52. The molecule has 16 heavy (non-hydrogen) atoms. The fraction of sp³-hybridized carbons (Fsp3) is 0.364. The third kappa shape index (κ3) is 1.65. The molecule has 3 rings (SSSR count). The van der Waals surface area contributed by atoms with Crippen molar-refractivity contribution in [2.45, 2.75) is 12.1 Å². The van der Waals surface area contributed by atoms with Gasteiger partial charge in [-0.3, -0.25) is 0 Å². The van der Waals surface area contributed by atoms with Crippen molar-refractivity contribution in [2.75, 3.05) is 13.2 Å². The van der Waals surface area contributed by atoms with Gasteiger partial charge >= 0.3 is 0 Å². The van der Waals surface area contributed by atoms with Crippen LogP contribution in [0.5, 0.6) is 0 Å². The molecule has 1 fully saturated rings. The topological polar surface area (TPSA) is 47.3 Å².